The van der Waals surface area contributed by atoms with Crippen molar-refractivity contribution in [1.29, 1.82) is 0 Å². The maximum atomic E-state index is 12.6. The fraction of sp³-hybridized carbons (Fsp3) is 0.500. The molecule has 1 aliphatic rings. The molecule has 1 heterocycles. The maximum Gasteiger partial charge on any atom is 0.246 e. The lowest BCUT2D eigenvalue weighted by molar-refractivity contribution is 0.451. The molecule has 0 amide bonds. The summed E-state index contributed by atoms with van der Waals surface area (Å²) in [6, 6.07) is 2.78. The second kappa shape index (κ2) is 7.68. The van der Waals surface area contributed by atoms with E-state index >= 15 is 0 Å². The van der Waals surface area contributed by atoms with Crippen LogP contribution in [0.15, 0.2) is 17.0 Å². The van der Waals surface area contributed by atoms with Gasteiger partial charge in [-0.15, -0.1) is 12.4 Å². The summed E-state index contributed by atoms with van der Waals surface area (Å²) in [6.45, 7) is 1.73. The van der Waals surface area contributed by atoms with Crippen molar-refractivity contribution in [3.8, 4) is 0 Å². The number of hydrogen-bond acceptors (Lipinski definition) is 3. The van der Waals surface area contributed by atoms with Crippen LogP contribution >= 0.6 is 47.2 Å². The molecule has 1 aliphatic heterocycles. The predicted octanol–water partition coefficient (Wildman–Crippen LogP) is 3.30. The quantitative estimate of drug-likeness (QED) is 0.853. The van der Waals surface area contributed by atoms with Crippen LogP contribution in [-0.2, 0) is 10.0 Å². The molecule has 0 bridgehead atoms. The van der Waals surface area contributed by atoms with Gasteiger partial charge in [0.25, 0.3) is 0 Å². The van der Waals surface area contributed by atoms with E-state index in [1.54, 1.807) is 0 Å². The van der Waals surface area contributed by atoms with Gasteiger partial charge in [-0.1, -0.05) is 34.8 Å². The normalized spacial score (nSPS) is 19.5. The van der Waals surface area contributed by atoms with Gasteiger partial charge < -0.3 is 5.32 Å². The molecule has 0 aromatic heterocycles. The fourth-order valence-electron chi connectivity index (χ4n) is 2.38. The van der Waals surface area contributed by atoms with Crippen molar-refractivity contribution >= 4 is 57.2 Å². The highest BCUT2D eigenvalue weighted by Gasteiger charge is 2.35. The van der Waals surface area contributed by atoms with Gasteiger partial charge in [-0.3, -0.25) is 0 Å². The first kappa shape index (κ1) is 19.3. The molecule has 4 nitrogen and oxygen atoms in total. The zero-order valence-electron chi connectivity index (χ0n) is 11.3. The van der Waals surface area contributed by atoms with Gasteiger partial charge in [0.15, 0.2) is 0 Å². The van der Waals surface area contributed by atoms with Crippen LogP contribution in [0.3, 0.4) is 0 Å². The third-order valence-electron chi connectivity index (χ3n) is 3.30. The maximum absolute atomic E-state index is 12.6. The van der Waals surface area contributed by atoms with Crippen LogP contribution in [0.25, 0.3) is 0 Å². The van der Waals surface area contributed by atoms with Gasteiger partial charge in [0.05, 0.1) is 10.0 Å². The lowest BCUT2D eigenvalue weighted by atomic mass is 10.1. The van der Waals surface area contributed by atoms with Gasteiger partial charge in [0, 0.05) is 18.1 Å². The summed E-state index contributed by atoms with van der Waals surface area (Å²) in [5.41, 5.74) is 0. The van der Waals surface area contributed by atoms with Gasteiger partial charge in [0.2, 0.25) is 10.0 Å². The Kier molecular flexibility index (Phi) is 7.06. The summed E-state index contributed by atoms with van der Waals surface area (Å²) >= 11 is 17.8. The molecule has 1 atom stereocenters. The molecule has 1 aromatic carbocycles. The second-order valence-corrected chi connectivity index (χ2v) is 7.90. The van der Waals surface area contributed by atoms with E-state index in [1.165, 1.54) is 16.4 Å². The van der Waals surface area contributed by atoms with Gasteiger partial charge >= 0.3 is 0 Å². The average Bonchev–Trinajstić information content (AvgIpc) is 2.76. The third-order valence-corrected chi connectivity index (χ3v) is 6.31. The Morgan fingerprint density at radius 3 is 2.38 bits per heavy atom. The molecule has 21 heavy (non-hydrogen) atoms. The molecule has 1 unspecified atom stereocenters. The van der Waals surface area contributed by atoms with Crippen molar-refractivity contribution in [1.82, 2.24) is 9.62 Å². The van der Waals surface area contributed by atoms with Gasteiger partial charge in [0.1, 0.15) is 4.90 Å². The molecule has 2 rings (SSSR count). The smallest absolute Gasteiger partial charge is 0.246 e. The molecular weight excluding hydrogens is 378 g/mol. The summed E-state index contributed by atoms with van der Waals surface area (Å²) in [5, 5.41) is 3.48. The molecule has 120 valence electrons. The van der Waals surface area contributed by atoms with E-state index in [0.29, 0.717) is 24.0 Å². The minimum atomic E-state index is -3.69. The molecule has 0 saturated carbocycles. The molecule has 9 heteroatoms. The van der Waals surface area contributed by atoms with Crippen molar-refractivity contribution in [3.63, 3.8) is 0 Å². The Labute approximate surface area is 146 Å². The van der Waals surface area contributed by atoms with E-state index in [-0.39, 0.29) is 27.3 Å². The first-order chi connectivity index (χ1) is 9.36. The Bertz CT molecular complexity index is 586. The van der Waals surface area contributed by atoms with Crippen LogP contribution in [-0.4, -0.2) is 39.4 Å². The number of halogens is 4. The zero-order valence-corrected chi connectivity index (χ0v) is 15.2. The van der Waals surface area contributed by atoms with Crippen LogP contribution in [0.1, 0.15) is 6.42 Å². The van der Waals surface area contributed by atoms with Crippen molar-refractivity contribution in [2.24, 2.45) is 5.92 Å². The summed E-state index contributed by atoms with van der Waals surface area (Å²) in [6.07, 6.45) is 0.822. The topological polar surface area (TPSA) is 49.4 Å². The SMILES string of the molecule is CNCC1CCN(S(=O)(=O)c2c(Cl)cc(Cl)cc2Cl)C1.Cl. The Morgan fingerprint density at radius 1 is 1.29 bits per heavy atom. The molecule has 1 saturated heterocycles. The first-order valence-corrected chi connectivity index (χ1v) is 8.73. The number of nitrogens with zero attached hydrogens (tertiary/aromatic N) is 1. The highest BCUT2D eigenvalue weighted by Crippen LogP contribution is 2.36. The van der Waals surface area contributed by atoms with Crippen LogP contribution < -0.4 is 5.32 Å². The van der Waals surface area contributed by atoms with Gasteiger partial charge in [-0.25, -0.2) is 8.42 Å². The number of hydrogen-bond donors (Lipinski definition) is 1. The second-order valence-electron chi connectivity index (χ2n) is 4.77. The molecule has 0 radical (unpaired) electrons. The summed E-state index contributed by atoms with van der Waals surface area (Å²) in [5.74, 6) is 0.305. The number of nitrogens with one attached hydrogen (secondary N) is 1. The van der Waals surface area contributed by atoms with E-state index in [0.717, 1.165) is 13.0 Å². The summed E-state index contributed by atoms with van der Waals surface area (Å²) in [7, 11) is -1.83. The largest absolute Gasteiger partial charge is 0.319 e. The van der Waals surface area contributed by atoms with Crippen molar-refractivity contribution in [2.45, 2.75) is 11.3 Å². The fourth-order valence-corrected chi connectivity index (χ4v) is 5.40. The van der Waals surface area contributed by atoms with Crippen LogP contribution in [0, 0.1) is 5.92 Å². The van der Waals surface area contributed by atoms with Gasteiger partial charge in [-0.05, 0) is 38.1 Å². The molecular formula is C12H16Cl4N2O2S. The Balaban J connectivity index is 0.00000220. The number of sulfonamides is 1. The van der Waals surface area contributed by atoms with E-state index in [9.17, 15) is 8.42 Å². The monoisotopic (exact) mass is 392 g/mol. The lowest BCUT2D eigenvalue weighted by Gasteiger charge is -2.18. The molecule has 1 N–H and O–H groups in total. The summed E-state index contributed by atoms with van der Waals surface area (Å²) in [4.78, 5) is -0.0599. The number of rotatable bonds is 4. The zero-order chi connectivity index (χ0) is 14.9. The standard InChI is InChI=1S/C12H15Cl3N2O2S.ClH/c1-16-6-8-2-3-17(7-8)20(18,19)12-10(14)4-9(13)5-11(12)15;/h4-5,8,16H,2-3,6-7H2,1H3;1H. The van der Waals surface area contributed by atoms with Crippen molar-refractivity contribution in [2.75, 3.05) is 26.7 Å². The van der Waals surface area contributed by atoms with Crippen LogP contribution in [0.2, 0.25) is 15.1 Å². The predicted molar refractivity (Wildman–Crippen MR) is 89.5 cm³/mol. The Morgan fingerprint density at radius 2 is 1.86 bits per heavy atom. The molecule has 1 aromatic rings. The van der Waals surface area contributed by atoms with E-state index in [2.05, 4.69) is 5.32 Å². The number of benzene rings is 1. The third kappa shape index (κ3) is 4.16. The average molecular weight is 394 g/mol. The Hall–Kier alpha value is 0.250. The van der Waals surface area contributed by atoms with Crippen LogP contribution in [0.5, 0.6) is 0 Å². The van der Waals surface area contributed by atoms with E-state index in [4.69, 9.17) is 34.8 Å². The van der Waals surface area contributed by atoms with E-state index in [1.807, 2.05) is 7.05 Å². The van der Waals surface area contributed by atoms with Crippen LogP contribution in [0.4, 0.5) is 0 Å². The highest BCUT2D eigenvalue weighted by atomic mass is 35.5. The lowest BCUT2D eigenvalue weighted by Crippen LogP contribution is -2.30. The van der Waals surface area contributed by atoms with E-state index < -0.39 is 10.0 Å². The summed E-state index contributed by atoms with van der Waals surface area (Å²) < 4.78 is 26.7. The minimum Gasteiger partial charge on any atom is -0.319 e. The van der Waals surface area contributed by atoms with Crippen molar-refractivity contribution in [3.05, 3.63) is 27.2 Å². The molecule has 1 fully saturated rings. The first-order valence-electron chi connectivity index (χ1n) is 6.15. The van der Waals surface area contributed by atoms with Crippen molar-refractivity contribution < 1.29 is 8.42 Å². The minimum absolute atomic E-state index is 0. The molecule has 0 spiro atoms. The molecule has 0 aliphatic carbocycles. The highest BCUT2D eigenvalue weighted by molar-refractivity contribution is 7.89. The van der Waals surface area contributed by atoms with Gasteiger partial charge in [-0.2, -0.15) is 4.31 Å².